The van der Waals surface area contributed by atoms with Gasteiger partial charge in [0.1, 0.15) is 11.3 Å². The van der Waals surface area contributed by atoms with E-state index in [0.717, 1.165) is 100 Å². The minimum absolute atomic E-state index is 0.111. The first-order chi connectivity index (χ1) is 44.3. The van der Waals surface area contributed by atoms with Gasteiger partial charge in [-0.3, -0.25) is 0 Å². The van der Waals surface area contributed by atoms with Crippen LogP contribution in [0.2, 0.25) is 0 Å². The monoisotopic (exact) mass is 1160 g/mol. The van der Waals surface area contributed by atoms with Gasteiger partial charge in [-0.2, -0.15) is 0 Å². The fraction of sp³-hybridized carbons (Fsp3) is 0.167. The largest absolute Gasteiger partial charge is 0.458 e. The molecule has 90 heavy (non-hydrogen) atoms. The van der Waals surface area contributed by atoms with Gasteiger partial charge in [-0.15, -0.1) is 0 Å². The van der Waals surface area contributed by atoms with Crippen molar-refractivity contribution in [2.24, 2.45) is 11.8 Å². The summed E-state index contributed by atoms with van der Waals surface area (Å²) >= 11 is 0. The molecule has 0 saturated carbocycles. The maximum absolute atomic E-state index is 6.94. The van der Waals surface area contributed by atoms with Crippen LogP contribution in [0.4, 0.5) is 22.7 Å². The molecule has 0 radical (unpaired) electrons. The number of nitrogens with zero attached hydrogens (tertiary/aromatic N) is 4. The highest BCUT2D eigenvalue weighted by atomic mass is 16.3. The fourth-order valence-corrected chi connectivity index (χ4v) is 16.5. The molecule has 0 spiro atoms. The van der Waals surface area contributed by atoms with Gasteiger partial charge < -0.3 is 27.6 Å². The van der Waals surface area contributed by atoms with Gasteiger partial charge in [0.15, 0.2) is 11.2 Å². The number of aromatic nitrogens is 2. The molecule has 2 atom stereocenters. The Labute approximate surface area is 522 Å². The van der Waals surface area contributed by atoms with Crippen molar-refractivity contribution in [2.75, 3.05) is 9.80 Å². The molecule has 14 aromatic rings. The van der Waals surface area contributed by atoms with Gasteiger partial charge in [0.05, 0.1) is 39.0 Å². The van der Waals surface area contributed by atoms with Gasteiger partial charge >= 0.3 is 0 Å². The summed E-state index contributed by atoms with van der Waals surface area (Å²) in [7, 11) is 0. The maximum Gasteiger partial charge on any atom is 0.159 e. The van der Waals surface area contributed by atoms with E-state index in [9.17, 15) is 0 Å². The van der Waals surface area contributed by atoms with Crippen LogP contribution in [-0.4, -0.2) is 8.97 Å². The Hall–Kier alpha value is -10.3. The first-order valence-electron chi connectivity index (χ1n) is 32.6. The van der Waals surface area contributed by atoms with Crippen LogP contribution in [0.1, 0.15) is 99.6 Å². The van der Waals surface area contributed by atoms with Gasteiger partial charge in [-0.1, -0.05) is 192 Å². The Morgan fingerprint density at radius 2 is 1.26 bits per heavy atom. The lowest BCUT2D eigenvalue weighted by Gasteiger charge is -2.32. The van der Waals surface area contributed by atoms with Gasteiger partial charge in [-0.05, 0) is 132 Å². The summed E-state index contributed by atoms with van der Waals surface area (Å²) in [5.74, 6) is 2.65. The molecule has 9 aromatic carbocycles. The molecular formula is C84H66N4O2. The zero-order chi connectivity index (χ0) is 59.6. The molecule has 434 valence electrons. The van der Waals surface area contributed by atoms with Crippen molar-refractivity contribution in [2.45, 2.75) is 78.1 Å². The molecule has 6 nitrogen and oxygen atoms in total. The highest BCUT2D eigenvalue weighted by Crippen LogP contribution is 2.58. The van der Waals surface area contributed by atoms with Crippen molar-refractivity contribution in [3.05, 3.63) is 264 Å². The minimum atomic E-state index is 0.111. The summed E-state index contributed by atoms with van der Waals surface area (Å²) < 4.78 is 19.2. The van der Waals surface area contributed by atoms with Crippen molar-refractivity contribution >= 4 is 133 Å². The van der Waals surface area contributed by atoms with Crippen LogP contribution in [0.25, 0.3) is 121 Å². The molecule has 5 aromatic heterocycles. The molecule has 0 amide bonds. The Bertz CT molecular complexity index is 5620. The normalized spacial score (nSPS) is 17.2. The summed E-state index contributed by atoms with van der Waals surface area (Å²) in [5, 5.41) is 11.1. The van der Waals surface area contributed by atoms with Gasteiger partial charge in [0.2, 0.25) is 0 Å². The van der Waals surface area contributed by atoms with Crippen LogP contribution in [0, 0.1) is 11.8 Å². The molecule has 0 bridgehead atoms. The summed E-state index contributed by atoms with van der Waals surface area (Å²) in [6.45, 7) is 9.21. The predicted molar refractivity (Wildman–Crippen MR) is 378 cm³/mol. The SMILES string of the molecule is CC(C)c1ccc(N(C2=CC=C3C(C2)c2cccc4c5c(-c6ccccc6)c6c(c(C7=CCCC=C7)c5n3c24)c2cccc3c4cc(N(C5=CCC(C(C)C)C=C5)c5cccc7c5oc5ccccc57)ccc4n6c32)c2cccc3c4c(oc23)CCC=C4)cc1. The van der Waals surface area contributed by atoms with Crippen molar-refractivity contribution in [3.8, 4) is 11.1 Å². The highest BCUT2D eigenvalue weighted by Gasteiger charge is 2.39. The van der Waals surface area contributed by atoms with Gasteiger partial charge in [-0.25, -0.2) is 0 Å². The van der Waals surface area contributed by atoms with Crippen LogP contribution in [-0.2, 0) is 6.42 Å². The molecule has 0 fully saturated rings. The maximum atomic E-state index is 6.94. The molecule has 4 aliphatic carbocycles. The molecule has 0 saturated heterocycles. The number of allylic oxidation sites excluding steroid dienone is 12. The van der Waals surface area contributed by atoms with Crippen LogP contribution in [0.5, 0.6) is 0 Å². The predicted octanol–water partition coefficient (Wildman–Crippen LogP) is 23.4. The summed E-state index contributed by atoms with van der Waals surface area (Å²) in [6, 6.07) is 63.8. The van der Waals surface area contributed by atoms with E-state index in [4.69, 9.17) is 8.83 Å². The van der Waals surface area contributed by atoms with Crippen LogP contribution >= 0.6 is 0 Å². The average Bonchev–Trinajstić information content (AvgIpc) is 1.50. The zero-order valence-corrected chi connectivity index (χ0v) is 51.1. The number of para-hydroxylation sites is 5. The minimum Gasteiger partial charge on any atom is -0.458 e. The number of furan rings is 2. The molecular weight excluding hydrogens is 1100 g/mol. The van der Waals surface area contributed by atoms with Crippen LogP contribution < -0.4 is 9.80 Å². The molecule has 19 rings (SSSR count). The van der Waals surface area contributed by atoms with Crippen molar-refractivity contribution in [1.29, 1.82) is 0 Å². The van der Waals surface area contributed by atoms with E-state index < -0.39 is 0 Å². The van der Waals surface area contributed by atoms with E-state index >= 15 is 0 Å². The summed E-state index contributed by atoms with van der Waals surface area (Å²) in [4.78, 5) is 4.95. The molecule has 5 aliphatic rings. The zero-order valence-electron chi connectivity index (χ0n) is 51.1. The van der Waals surface area contributed by atoms with E-state index in [1.54, 1.807) is 0 Å². The van der Waals surface area contributed by atoms with Crippen molar-refractivity contribution in [3.63, 3.8) is 0 Å². The van der Waals surface area contributed by atoms with Gasteiger partial charge in [0, 0.05) is 112 Å². The number of fused-ring (bicyclic) bond motifs is 18. The molecule has 6 heteroatoms. The first-order valence-corrected chi connectivity index (χ1v) is 32.6. The molecule has 1 aliphatic heterocycles. The quantitative estimate of drug-likeness (QED) is 0.137. The molecule has 0 N–H and O–H groups in total. The Kier molecular flexibility index (Phi) is 11.3. The second-order valence-electron chi connectivity index (χ2n) is 26.4. The first kappa shape index (κ1) is 51.7. The van der Waals surface area contributed by atoms with E-state index in [0.29, 0.717) is 17.8 Å². The summed E-state index contributed by atoms with van der Waals surface area (Å²) in [6.07, 6.45) is 29.7. The second-order valence-corrected chi connectivity index (χ2v) is 26.4. The summed E-state index contributed by atoms with van der Waals surface area (Å²) in [5.41, 5.74) is 26.1. The number of hydrogen-bond donors (Lipinski definition) is 0. The van der Waals surface area contributed by atoms with E-state index in [2.05, 4.69) is 277 Å². The van der Waals surface area contributed by atoms with Crippen LogP contribution in [0.3, 0.4) is 0 Å². The lowest BCUT2D eigenvalue weighted by atomic mass is 9.85. The lowest BCUT2D eigenvalue weighted by Crippen LogP contribution is -2.21. The third-order valence-electron chi connectivity index (χ3n) is 20.8. The fourth-order valence-electron chi connectivity index (χ4n) is 16.5. The van der Waals surface area contributed by atoms with E-state index in [-0.39, 0.29) is 5.92 Å². The number of aryl methyl sites for hydroxylation is 1. The van der Waals surface area contributed by atoms with E-state index in [1.807, 2.05) is 0 Å². The number of anilines is 4. The smallest absolute Gasteiger partial charge is 0.159 e. The lowest BCUT2D eigenvalue weighted by molar-refractivity contribution is 0.466. The Morgan fingerprint density at radius 1 is 0.533 bits per heavy atom. The van der Waals surface area contributed by atoms with Crippen molar-refractivity contribution in [1.82, 2.24) is 8.97 Å². The number of hydrogen-bond acceptors (Lipinski definition) is 4. The molecule has 6 heterocycles. The average molecular weight is 1160 g/mol. The third-order valence-corrected chi connectivity index (χ3v) is 20.8. The van der Waals surface area contributed by atoms with Crippen molar-refractivity contribution < 1.29 is 8.83 Å². The Balaban J connectivity index is 0.864. The highest BCUT2D eigenvalue weighted by molar-refractivity contribution is 6.35. The number of benzene rings is 9. The second kappa shape index (κ2) is 19.6. The van der Waals surface area contributed by atoms with Crippen LogP contribution in [0.15, 0.2) is 245 Å². The topological polar surface area (TPSA) is 42.1 Å². The van der Waals surface area contributed by atoms with E-state index in [1.165, 1.54) is 116 Å². The third kappa shape index (κ3) is 7.33. The standard InChI is InChI=1S/C84H66N4O2/c1-49(2)51-35-39-55(40-36-51)85(71-31-17-27-63-59-23-11-13-33-73(59)89-83(63)71)57-43-45-69-67(47-57)61-25-15-29-65-77-76(54-21-9-6-10-22-54)82-78(75(53-19-7-5-8-20-53)81(77)87(69)79(61)65)66-30-16-26-62-68-48-58(44-46-70(68)88(82)80(62)66)86(56-41-37-52(38-42-56)50(3)4)72-32-18-28-64-60-24-12-14-34-74(60)90-84(64)72/h5,7-9,11-13,15-33,35,37-47,49-51,68H,6,10,14,34,36,48H2,1-4H3. The number of rotatable bonds is 10. The molecule has 2 unspecified atom stereocenters. The Morgan fingerprint density at radius 3 is 2.07 bits per heavy atom. The van der Waals surface area contributed by atoms with Gasteiger partial charge in [0.25, 0.3) is 0 Å².